The van der Waals surface area contributed by atoms with Crippen molar-refractivity contribution in [3.63, 3.8) is 0 Å². The van der Waals surface area contributed by atoms with E-state index in [-0.39, 0.29) is 5.91 Å². The summed E-state index contributed by atoms with van der Waals surface area (Å²) in [6.07, 6.45) is 3.24. The van der Waals surface area contributed by atoms with Crippen molar-refractivity contribution < 1.29 is 9.59 Å². The van der Waals surface area contributed by atoms with E-state index in [1.165, 1.54) is 6.08 Å². The third-order valence-corrected chi connectivity index (χ3v) is 3.73. The van der Waals surface area contributed by atoms with Crippen LogP contribution < -0.4 is 16.4 Å². The molecule has 2 rings (SSSR count). The molecular weight excluding hydrogens is 358 g/mol. The molecule has 0 unspecified atom stereocenters. The lowest BCUT2D eigenvalue weighted by molar-refractivity contribution is -0.116. The lowest BCUT2D eigenvalue weighted by Gasteiger charge is -2.05. The molecule has 118 valence electrons. The van der Waals surface area contributed by atoms with Crippen LogP contribution in [0, 0.1) is 0 Å². The van der Waals surface area contributed by atoms with Crippen LogP contribution in [0.2, 0.25) is 0 Å². The van der Waals surface area contributed by atoms with Gasteiger partial charge in [-0.05, 0) is 35.4 Å². The van der Waals surface area contributed by atoms with Crippen molar-refractivity contribution in [2.75, 3.05) is 5.32 Å². The van der Waals surface area contributed by atoms with Gasteiger partial charge in [0.15, 0.2) is 0 Å². The second-order valence-corrected chi connectivity index (χ2v) is 5.61. The first-order valence-corrected chi connectivity index (χ1v) is 7.70. The van der Waals surface area contributed by atoms with E-state index in [4.69, 9.17) is 5.73 Å². The van der Waals surface area contributed by atoms with Gasteiger partial charge in [-0.15, -0.1) is 0 Å². The van der Waals surface area contributed by atoms with Gasteiger partial charge in [-0.25, -0.2) is 4.79 Å². The molecule has 0 spiro atoms. The van der Waals surface area contributed by atoms with Crippen molar-refractivity contribution in [2.24, 2.45) is 5.73 Å². The van der Waals surface area contributed by atoms with Gasteiger partial charge in [0.2, 0.25) is 5.91 Å². The normalized spacial score (nSPS) is 10.5. The number of amides is 3. The third kappa shape index (κ3) is 5.60. The minimum absolute atomic E-state index is 0.180. The summed E-state index contributed by atoms with van der Waals surface area (Å²) in [6, 6.07) is 14.1. The van der Waals surface area contributed by atoms with Gasteiger partial charge in [0.05, 0.1) is 0 Å². The van der Waals surface area contributed by atoms with Crippen LogP contribution in [0.5, 0.6) is 0 Å². The molecule has 0 bridgehead atoms. The Kier molecular flexibility index (Phi) is 5.94. The molecule has 3 amide bonds. The van der Waals surface area contributed by atoms with E-state index in [0.29, 0.717) is 12.2 Å². The highest BCUT2D eigenvalue weighted by Crippen LogP contribution is 2.17. The van der Waals surface area contributed by atoms with Crippen molar-refractivity contribution in [3.8, 4) is 0 Å². The van der Waals surface area contributed by atoms with Gasteiger partial charge >= 0.3 is 6.03 Å². The Labute approximate surface area is 142 Å². The number of urea groups is 1. The lowest BCUT2D eigenvalue weighted by atomic mass is 10.2. The number of hydrogen-bond donors (Lipinski definition) is 3. The third-order valence-electron chi connectivity index (χ3n) is 3.01. The van der Waals surface area contributed by atoms with Gasteiger partial charge in [-0.2, -0.15) is 0 Å². The summed E-state index contributed by atoms with van der Waals surface area (Å²) in [5.41, 5.74) is 7.50. The Morgan fingerprint density at radius 3 is 2.43 bits per heavy atom. The molecule has 6 heteroatoms. The van der Waals surface area contributed by atoms with Gasteiger partial charge in [0.25, 0.3) is 0 Å². The second kappa shape index (κ2) is 8.14. The molecule has 0 aliphatic heterocycles. The molecular formula is C17H16BrN3O2. The molecule has 2 aromatic rings. The fourth-order valence-electron chi connectivity index (χ4n) is 1.87. The minimum Gasteiger partial charge on any atom is -0.351 e. The van der Waals surface area contributed by atoms with E-state index < -0.39 is 6.03 Å². The summed E-state index contributed by atoms with van der Waals surface area (Å²) < 4.78 is 0.932. The van der Waals surface area contributed by atoms with E-state index in [9.17, 15) is 9.59 Å². The van der Waals surface area contributed by atoms with E-state index in [1.807, 2.05) is 36.4 Å². The molecule has 2 aromatic carbocycles. The Morgan fingerprint density at radius 1 is 1.09 bits per heavy atom. The van der Waals surface area contributed by atoms with Crippen LogP contribution in [-0.4, -0.2) is 11.9 Å². The Balaban J connectivity index is 1.87. The zero-order valence-corrected chi connectivity index (χ0v) is 13.8. The monoisotopic (exact) mass is 373 g/mol. The quantitative estimate of drug-likeness (QED) is 0.702. The van der Waals surface area contributed by atoms with E-state index >= 15 is 0 Å². The average Bonchev–Trinajstić information content (AvgIpc) is 2.53. The number of nitrogens with one attached hydrogen (secondary N) is 2. The van der Waals surface area contributed by atoms with E-state index in [1.54, 1.807) is 18.2 Å². The predicted molar refractivity (Wildman–Crippen MR) is 94.7 cm³/mol. The van der Waals surface area contributed by atoms with Crippen LogP contribution in [0.1, 0.15) is 11.1 Å². The summed E-state index contributed by atoms with van der Waals surface area (Å²) in [4.78, 5) is 22.6. The molecule has 0 saturated heterocycles. The zero-order chi connectivity index (χ0) is 16.7. The fraction of sp³-hybridized carbons (Fsp3) is 0.0588. The van der Waals surface area contributed by atoms with Crippen LogP contribution in [-0.2, 0) is 11.3 Å². The van der Waals surface area contributed by atoms with E-state index in [0.717, 1.165) is 15.6 Å². The van der Waals surface area contributed by atoms with Crippen molar-refractivity contribution in [2.45, 2.75) is 6.54 Å². The second-order valence-electron chi connectivity index (χ2n) is 4.76. The highest BCUT2D eigenvalue weighted by molar-refractivity contribution is 9.10. The van der Waals surface area contributed by atoms with Crippen LogP contribution in [0.4, 0.5) is 10.5 Å². The molecule has 23 heavy (non-hydrogen) atoms. The molecule has 0 radical (unpaired) electrons. The van der Waals surface area contributed by atoms with Crippen LogP contribution >= 0.6 is 15.9 Å². The predicted octanol–water partition coefficient (Wildman–Crippen LogP) is 3.27. The molecule has 0 aliphatic rings. The van der Waals surface area contributed by atoms with E-state index in [2.05, 4.69) is 26.6 Å². The molecule has 0 fully saturated rings. The number of nitrogens with two attached hydrogens (primary N) is 1. The summed E-state index contributed by atoms with van der Waals surface area (Å²) in [6.45, 7) is 0.399. The maximum atomic E-state index is 11.8. The van der Waals surface area contributed by atoms with Crippen molar-refractivity contribution in [1.29, 1.82) is 0 Å². The number of rotatable bonds is 5. The topological polar surface area (TPSA) is 84.2 Å². The molecule has 0 aromatic heterocycles. The van der Waals surface area contributed by atoms with Gasteiger partial charge < -0.3 is 16.4 Å². The first-order valence-electron chi connectivity index (χ1n) is 6.90. The number of carbonyl (C=O) groups is 2. The van der Waals surface area contributed by atoms with Crippen molar-refractivity contribution in [3.05, 3.63) is 70.2 Å². The highest BCUT2D eigenvalue weighted by atomic mass is 79.9. The van der Waals surface area contributed by atoms with Crippen molar-refractivity contribution >= 4 is 39.6 Å². The average molecular weight is 374 g/mol. The summed E-state index contributed by atoms with van der Waals surface area (Å²) in [5.74, 6) is -0.180. The smallest absolute Gasteiger partial charge is 0.316 e. The molecule has 0 saturated carbocycles. The Bertz CT molecular complexity index is 727. The minimum atomic E-state index is -0.608. The van der Waals surface area contributed by atoms with Gasteiger partial charge in [-0.3, -0.25) is 4.79 Å². The fourth-order valence-corrected chi connectivity index (χ4v) is 2.29. The summed E-state index contributed by atoms with van der Waals surface area (Å²) in [7, 11) is 0. The maximum absolute atomic E-state index is 11.8. The number of benzene rings is 2. The number of hydrogen-bond acceptors (Lipinski definition) is 2. The standard InChI is InChI=1S/C17H16BrN3O2/c18-15-4-2-1-3-13(15)7-10-16(22)20-11-12-5-8-14(9-6-12)21-17(19)23/h1-10H,11H2,(H,20,22)(H3,19,21,23)/b10-7+. The highest BCUT2D eigenvalue weighted by Gasteiger charge is 2.00. The number of anilines is 1. The first-order chi connectivity index (χ1) is 11.0. The Hall–Kier alpha value is -2.60. The Morgan fingerprint density at radius 2 is 1.78 bits per heavy atom. The number of carbonyl (C=O) groups excluding carboxylic acids is 2. The molecule has 0 aliphatic carbocycles. The number of primary amides is 1. The van der Waals surface area contributed by atoms with Crippen LogP contribution in [0.25, 0.3) is 6.08 Å². The molecule has 4 N–H and O–H groups in total. The summed E-state index contributed by atoms with van der Waals surface area (Å²) >= 11 is 3.42. The zero-order valence-electron chi connectivity index (χ0n) is 12.3. The lowest BCUT2D eigenvalue weighted by Crippen LogP contribution is -2.20. The molecule has 5 nitrogen and oxygen atoms in total. The first kappa shape index (κ1) is 16.8. The van der Waals surface area contributed by atoms with Gasteiger partial charge in [0.1, 0.15) is 0 Å². The largest absolute Gasteiger partial charge is 0.351 e. The number of halogens is 1. The van der Waals surface area contributed by atoms with Gasteiger partial charge in [0, 0.05) is 22.8 Å². The SMILES string of the molecule is NC(=O)Nc1ccc(CNC(=O)/C=C/c2ccccc2Br)cc1. The maximum Gasteiger partial charge on any atom is 0.316 e. The van der Waals surface area contributed by atoms with Crippen LogP contribution in [0.15, 0.2) is 59.1 Å². The van der Waals surface area contributed by atoms with Crippen molar-refractivity contribution in [1.82, 2.24) is 5.32 Å². The molecule has 0 atom stereocenters. The molecule has 0 heterocycles. The van der Waals surface area contributed by atoms with Crippen LogP contribution in [0.3, 0.4) is 0 Å². The van der Waals surface area contributed by atoms with Gasteiger partial charge in [-0.1, -0.05) is 46.3 Å². The summed E-state index contributed by atoms with van der Waals surface area (Å²) in [5, 5.41) is 5.27.